The molecule has 0 aliphatic rings. The normalized spacial score (nSPS) is 11.2. The zero-order valence-corrected chi connectivity index (χ0v) is 15.3. The summed E-state index contributed by atoms with van der Waals surface area (Å²) in [5.74, 6) is 0.370. The van der Waals surface area contributed by atoms with Crippen LogP contribution in [0.25, 0.3) is 0 Å². The highest BCUT2D eigenvalue weighted by Gasteiger charge is 2.18. The standard InChI is InChI=1S/C18H22N2O4S/c1-14-9-10-18(24-3)17(13-14)20(15(2)21)12-11-19-25(22,23)16-7-5-4-6-8-16/h4-10,13,19H,11-12H2,1-3H3. The molecule has 1 amide bonds. The minimum Gasteiger partial charge on any atom is -0.495 e. The number of rotatable bonds is 7. The number of hydrogen-bond acceptors (Lipinski definition) is 4. The number of amides is 1. The van der Waals surface area contributed by atoms with Gasteiger partial charge in [0, 0.05) is 20.0 Å². The maximum absolute atomic E-state index is 12.3. The zero-order chi connectivity index (χ0) is 18.4. The molecule has 0 bridgehead atoms. The van der Waals surface area contributed by atoms with E-state index in [1.807, 2.05) is 19.1 Å². The molecule has 0 radical (unpaired) electrons. The van der Waals surface area contributed by atoms with Gasteiger partial charge in [-0.25, -0.2) is 13.1 Å². The van der Waals surface area contributed by atoms with Crippen LogP contribution in [-0.2, 0) is 14.8 Å². The smallest absolute Gasteiger partial charge is 0.240 e. The second-order valence-electron chi connectivity index (χ2n) is 5.56. The second-order valence-corrected chi connectivity index (χ2v) is 7.32. The van der Waals surface area contributed by atoms with Crippen LogP contribution in [0.2, 0.25) is 0 Å². The van der Waals surface area contributed by atoms with E-state index in [1.54, 1.807) is 24.3 Å². The van der Waals surface area contributed by atoms with Crippen LogP contribution in [-0.4, -0.2) is 34.5 Å². The van der Waals surface area contributed by atoms with Crippen LogP contribution in [0, 0.1) is 6.92 Å². The third-order valence-electron chi connectivity index (χ3n) is 3.69. The van der Waals surface area contributed by atoms with E-state index in [9.17, 15) is 13.2 Å². The van der Waals surface area contributed by atoms with E-state index < -0.39 is 10.0 Å². The molecule has 0 atom stereocenters. The maximum Gasteiger partial charge on any atom is 0.240 e. The van der Waals surface area contributed by atoms with Crippen molar-refractivity contribution in [1.82, 2.24) is 4.72 Å². The molecule has 2 aromatic carbocycles. The van der Waals surface area contributed by atoms with Crippen molar-refractivity contribution in [3.63, 3.8) is 0 Å². The van der Waals surface area contributed by atoms with Gasteiger partial charge < -0.3 is 9.64 Å². The Hall–Kier alpha value is -2.38. The third-order valence-corrected chi connectivity index (χ3v) is 5.16. The summed E-state index contributed by atoms with van der Waals surface area (Å²) in [6.07, 6.45) is 0. The summed E-state index contributed by atoms with van der Waals surface area (Å²) in [6, 6.07) is 13.6. The number of aryl methyl sites for hydroxylation is 1. The molecule has 0 aliphatic carbocycles. The first-order valence-corrected chi connectivity index (χ1v) is 9.31. The lowest BCUT2D eigenvalue weighted by Crippen LogP contribution is -2.37. The van der Waals surface area contributed by atoms with Crippen LogP contribution in [0.5, 0.6) is 5.75 Å². The van der Waals surface area contributed by atoms with Gasteiger partial charge in [-0.05, 0) is 36.8 Å². The molecule has 25 heavy (non-hydrogen) atoms. The predicted molar refractivity (Wildman–Crippen MR) is 97.4 cm³/mol. The number of carbonyl (C=O) groups is 1. The van der Waals surface area contributed by atoms with Crippen LogP contribution in [0.3, 0.4) is 0 Å². The summed E-state index contributed by atoms with van der Waals surface area (Å²) in [6.45, 7) is 3.64. The molecule has 2 aromatic rings. The quantitative estimate of drug-likeness (QED) is 0.820. The summed E-state index contributed by atoms with van der Waals surface area (Å²) in [5, 5.41) is 0. The molecule has 1 N–H and O–H groups in total. The lowest BCUT2D eigenvalue weighted by Gasteiger charge is -2.24. The van der Waals surface area contributed by atoms with E-state index >= 15 is 0 Å². The Kier molecular flexibility index (Phi) is 6.17. The highest BCUT2D eigenvalue weighted by molar-refractivity contribution is 7.89. The number of benzene rings is 2. The van der Waals surface area contributed by atoms with Crippen LogP contribution >= 0.6 is 0 Å². The van der Waals surface area contributed by atoms with Gasteiger partial charge in [0.15, 0.2) is 0 Å². The number of methoxy groups -OCH3 is 1. The number of hydrogen-bond donors (Lipinski definition) is 1. The Balaban J connectivity index is 2.14. The SMILES string of the molecule is COc1ccc(C)cc1N(CCNS(=O)(=O)c1ccccc1)C(C)=O. The van der Waals surface area contributed by atoms with Crippen LogP contribution in [0.15, 0.2) is 53.4 Å². The summed E-state index contributed by atoms with van der Waals surface area (Å²) in [5.41, 5.74) is 1.60. The number of anilines is 1. The Bertz CT molecular complexity index is 835. The first-order valence-electron chi connectivity index (χ1n) is 7.82. The first kappa shape index (κ1) is 19.0. The molecular formula is C18H22N2O4S. The van der Waals surface area contributed by atoms with Gasteiger partial charge in [-0.2, -0.15) is 0 Å². The van der Waals surface area contributed by atoms with Crippen molar-refractivity contribution >= 4 is 21.6 Å². The van der Waals surface area contributed by atoms with Gasteiger partial charge in [0.2, 0.25) is 15.9 Å². The topological polar surface area (TPSA) is 75.7 Å². The average Bonchev–Trinajstić information content (AvgIpc) is 2.59. The van der Waals surface area contributed by atoms with Crippen molar-refractivity contribution in [2.75, 3.05) is 25.1 Å². The van der Waals surface area contributed by atoms with Crippen molar-refractivity contribution < 1.29 is 17.9 Å². The molecule has 0 unspecified atom stereocenters. The van der Waals surface area contributed by atoms with Gasteiger partial charge in [-0.1, -0.05) is 24.3 Å². The fourth-order valence-corrected chi connectivity index (χ4v) is 3.48. The number of nitrogens with one attached hydrogen (secondary N) is 1. The van der Waals surface area contributed by atoms with E-state index in [2.05, 4.69) is 4.72 Å². The van der Waals surface area contributed by atoms with E-state index in [4.69, 9.17) is 4.74 Å². The van der Waals surface area contributed by atoms with Crippen molar-refractivity contribution in [2.45, 2.75) is 18.7 Å². The molecule has 6 nitrogen and oxygen atoms in total. The molecule has 0 fully saturated rings. The largest absolute Gasteiger partial charge is 0.495 e. The molecule has 0 aliphatic heterocycles. The Labute approximate surface area is 148 Å². The molecule has 0 saturated carbocycles. The maximum atomic E-state index is 12.3. The van der Waals surface area contributed by atoms with Gasteiger partial charge >= 0.3 is 0 Å². The second kappa shape index (κ2) is 8.13. The van der Waals surface area contributed by atoms with Crippen LogP contribution < -0.4 is 14.4 Å². The van der Waals surface area contributed by atoms with E-state index in [0.29, 0.717) is 11.4 Å². The number of carbonyl (C=O) groups excluding carboxylic acids is 1. The monoisotopic (exact) mass is 362 g/mol. The molecule has 2 rings (SSSR count). The highest BCUT2D eigenvalue weighted by Crippen LogP contribution is 2.29. The van der Waals surface area contributed by atoms with Crippen molar-refractivity contribution in [1.29, 1.82) is 0 Å². The number of ether oxygens (including phenoxy) is 1. The highest BCUT2D eigenvalue weighted by atomic mass is 32.2. The van der Waals surface area contributed by atoms with Gasteiger partial charge in [0.05, 0.1) is 17.7 Å². The fourth-order valence-electron chi connectivity index (χ4n) is 2.43. The summed E-state index contributed by atoms with van der Waals surface area (Å²) < 4.78 is 32.4. The van der Waals surface area contributed by atoms with Crippen molar-refractivity contribution in [3.05, 3.63) is 54.1 Å². The van der Waals surface area contributed by atoms with Crippen molar-refractivity contribution in [3.8, 4) is 5.75 Å². The van der Waals surface area contributed by atoms with Gasteiger partial charge in [0.1, 0.15) is 5.75 Å². The molecule has 0 heterocycles. The van der Waals surface area contributed by atoms with Crippen molar-refractivity contribution in [2.24, 2.45) is 0 Å². The number of nitrogens with zero attached hydrogens (tertiary/aromatic N) is 1. The minimum absolute atomic E-state index is 0.0912. The molecule has 7 heteroatoms. The lowest BCUT2D eigenvalue weighted by molar-refractivity contribution is -0.116. The number of sulfonamides is 1. The summed E-state index contributed by atoms with van der Waals surface area (Å²) in [4.78, 5) is 13.7. The fraction of sp³-hybridized carbons (Fsp3) is 0.278. The molecule has 0 saturated heterocycles. The summed E-state index contributed by atoms with van der Waals surface area (Å²) in [7, 11) is -2.07. The Morgan fingerprint density at radius 1 is 1.16 bits per heavy atom. The average molecular weight is 362 g/mol. The van der Waals surface area contributed by atoms with Crippen LogP contribution in [0.4, 0.5) is 5.69 Å². The van der Waals surface area contributed by atoms with Gasteiger partial charge in [-0.15, -0.1) is 0 Å². The first-order chi connectivity index (χ1) is 11.8. The Morgan fingerprint density at radius 2 is 1.84 bits per heavy atom. The van der Waals surface area contributed by atoms with Gasteiger partial charge in [0.25, 0.3) is 0 Å². The molecule has 134 valence electrons. The molecule has 0 aromatic heterocycles. The predicted octanol–water partition coefficient (Wildman–Crippen LogP) is 2.34. The third kappa shape index (κ3) is 4.80. The van der Waals surface area contributed by atoms with E-state index in [-0.39, 0.29) is 23.9 Å². The lowest BCUT2D eigenvalue weighted by atomic mass is 10.2. The van der Waals surface area contributed by atoms with Gasteiger partial charge in [-0.3, -0.25) is 4.79 Å². The van der Waals surface area contributed by atoms with E-state index in [0.717, 1.165) is 5.56 Å². The molecular weight excluding hydrogens is 340 g/mol. The minimum atomic E-state index is -3.61. The zero-order valence-electron chi connectivity index (χ0n) is 14.5. The Morgan fingerprint density at radius 3 is 2.44 bits per heavy atom. The summed E-state index contributed by atoms with van der Waals surface area (Å²) >= 11 is 0. The van der Waals surface area contributed by atoms with Crippen LogP contribution in [0.1, 0.15) is 12.5 Å². The van der Waals surface area contributed by atoms with E-state index in [1.165, 1.54) is 31.1 Å². The molecule has 0 spiro atoms.